The standard InChI is InChI=1S/C18H20N4O4S2/c1-4-26-13-7-10-15-16(11-13)27-18(19-15)21-20-17(23)12-5-8-14(9-6-12)28(24,25)22(2)3/h5-11H,4H2,1-3H3,(H,19,21)(H,20,23). The highest BCUT2D eigenvalue weighted by atomic mass is 32.2. The third kappa shape index (κ3) is 4.24. The third-order valence-corrected chi connectivity index (χ3v) is 6.61. The van der Waals surface area contributed by atoms with Crippen molar-refractivity contribution in [3.05, 3.63) is 48.0 Å². The molecule has 0 aliphatic rings. The molecule has 0 radical (unpaired) electrons. The Bertz CT molecular complexity index is 1090. The average molecular weight is 421 g/mol. The van der Waals surface area contributed by atoms with E-state index < -0.39 is 15.9 Å². The van der Waals surface area contributed by atoms with Gasteiger partial charge in [-0.25, -0.2) is 17.7 Å². The van der Waals surface area contributed by atoms with Crippen LogP contribution in [0.15, 0.2) is 47.4 Å². The predicted octanol–water partition coefficient (Wildman–Crippen LogP) is 2.70. The normalized spacial score (nSPS) is 11.6. The highest BCUT2D eigenvalue weighted by Gasteiger charge is 2.17. The SMILES string of the molecule is CCOc1ccc2nc(NNC(=O)c3ccc(S(=O)(=O)N(C)C)cc3)sc2c1. The first-order valence-corrected chi connectivity index (χ1v) is 10.7. The molecule has 3 rings (SSSR count). The number of hydrogen-bond donors (Lipinski definition) is 2. The van der Waals surface area contributed by atoms with Crippen molar-refractivity contribution < 1.29 is 17.9 Å². The molecule has 1 amide bonds. The summed E-state index contributed by atoms with van der Waals surface area (Å²) in [5, 5.41) is 0.531. The maximum absolute atomic E-state index is 12.3. The number of fused-ring (bicyclic) bond motifs is 1. The first-order valence-electron chi connectivity index (χ1n) is 8.43. The summed E-state index contributed by atoms with van der Waals surface area (Å²) in [6, 6.07) is 11.3. The van der Waals surface area contributed by atoms with Crippen LogP contribution in [-0.4, -0.2) is 44.3 Å². The number of rotatable bonds is 7. The molecule has 3 aromatic rings. The summed E-state index contributed by atoms with van der Waals surface area (Å²) >= 11 is 1.38. The van der Waals surface area contributed by atoms with Crippen LogP contribution in [-0.2, 0) is 10.0 Å². The molecule has 28 heavy (non-hydrogen) atoms. The molecule has 0 saturated heterocycles. The predicted molar refractivity (Wildman–Crippen MR) is 109 cm³/mol. The van der Waals surface area contributed by atoms with Gasteiger partial charge in [0.05, 0.1) is 21.7 Å². The molecule has 0 aliphatic heterocycles. The minimum absolute atomic E-state index is 0.123. The Labute approximate surface area is 167 Å². The number of thiazole rings is 1. The molecule has 0 aliphatic carbocycles. The number of carbonyl (C=O) groups is 1. The van der Waals surface area contributed by atoms with Crippen LogP contribution in [0.25, 0.3) is 10.2 Å². The van der Waals surface area contributed by atoms with Crippen molar-refractivity contribution in [3.63, 3.8) is 0 Å². The van der Waals surface area contributed by atoms with Gasteiger partial charge in [-0.3, -0.25) is 15.6 Å². The molecule has 1 aromatic heterocycles. The van der Waals surface area contributed by atoms with Crippen LogP contribution in [0.2, 0.25) is 0 Å². The van der Waals surface area contributed by atoms with Crippen molar-refractivity contribution in [3.8, 4) is 5.75 Å². The van der Waals surface area contributed by atoms with Gasteiger partial charge in [0.25, 0.3) is 5.91 Å². The number of sulfonamides is 1. The van der Waals surface area contributed by atoms with Crippen molar-refractivity contribution in [2.24, 2.45) is 0 Å². The third-order valence-electron chi connectivity index (χ3n) is 3.85. The van der Waals surface area contributed by atoms with Crippen LogP contribution in [0.4, 0.5) is 5.13 Å². The molecule has 0 bridgehead atoms. The second-order valence-electron chi connectivity index (χ2n) is 5.97. The Morgan fingerprint density at radius 2 is 1.89 bits per heavy atom. The molecule has 0 saturated carbocycles. The summed E-state index contributed by atoms with van der Waals surface area (Å²) in [4.78, 5) is 16.8. The Morgan fingerprint density at radius 3 is 2.54 bits per heavy atom. The highest BCUT2D eigenvalue weighted by Crippen LogP contribution is 2.28. The van der Waals surface area contributed by atoms with Gasteiger partial charge in [0.1, 0.15) is 5.75 Å². The van der Waals surface area contributed by atoms with Gasteiger partial charge in [0, 0.05) is 19.7 Å². The Balaban J connectivity index is 1.67. The van der Waals surface area contributed by atoms with Crippen LogP contribution in [0.3, 0.4) is 0 Å². The van der Waals surface area contributed by atoms with Crippen molar-refractivity contribution in [2.75, 3.05) is 26.1 Å². The van der Waals surface area contributed by atoms with E-state index in [0.717, 1.165) is 20.3 Å². The van der Waals surface area contributed by atoms with Gasteiger partial charge in [-0.15, -0.1) is 0 Å². The lowest BCUT2D eigenvalue weighted by Crippen LogP contribution is -2.29. The molecule has 2 N–H and O–H groups in total. The summed E-state index contributed by atoms with van der Waals surface area (Å²) < 4.78 is 31.7. The average Bonchev–Trinajstić information content (AvgIpc) is 3.08. The Hall–Kier alpha value is -2.69. The van der Waals surface area contributed by atoms with E-state index in [-0.39, 0.29) is 4.90 Å². The fourth-order valence-corrected chi connectivity index (χ4v) is 4.14. The number of carbonyl (C=O) groups excluding carboxylic acids is 1. The van der Waals surface area contributed by atoms with E-state index in [2.05, 4.69) is 15.8 Å². The number of nitrogens with zero attached hydrogens (tertiary/aromatic N) is 2. The van der Waals surface area contributed by atoms with Crippen LogP contribution in [0.5, 0.6) is 5.75 Å². The number of aromatic nitrogens is 1. The van der Waals surface area contributed by atoms with E-state index in [0.29, 0.717) is 17.3 Å². The lowest BCUT2D eigenvalue weighted by Gasteiger charge is -2.11. The van der Waals surface area contributed by atoms with Gasteiger partial charge in [-0.1, -0.05) is 11.3 Å². The molecule has 0 spiro atoms. The van der Waals surface area contributed by atoms with Gasteiger partial charge >= 0.3 is 0 Å². The second-order valence-corrected chi connectivity index (χ2v) is 9.15. The van der Waals surface area contributed by atoms with Gasteiger partial charge in [0.15, 0.2) is 0 Å². The van der Waals surface area contributed by atoms with E-state index in [1.807, 2.05) is 25.1 Å². The maximum Gasteiger partial charge on any atom is 0.269 e. The van der Waals surface area contributed by atoms with Crippen LogP contribution >= 0.6 is 11.3 Å². The Kier molecular flexibility index (Phi) is 5.82. The van der Waals surface area contributed by atoms with E-state index in [1.54, 1.807) is 0 Å². The first kappa shape index (κ1) is 20.1. The van der Waals surface area contributed by atoms with E-state index in [1.165, 1.54) is 49.7 Å². The molecule has 148 valence electrons. The van der Waals surface area contributed by atoms with Crippen molar-refractivity contribution in [1.29, 1.82) is 0 Å². The van der Waals surface area contributed by atoms with E-state index in [4.69, 9.17) is 4.74 Å². The fraction of sp³-hybridized carbons (Fsp3) is 0.222. The molecular weight excluding hydrogens is 400 g/mol. The zero-order valence-electron chi connectivity index (χ0n) is 15.6. The highest BCUT2D eigenvalue weighted by molar-refractivity contribution is 7.89. The summed E-state index contributed by atoms with van der Waals surface area (Å²) in [5.41, 5.74) is 6.47. The fourth-order valence-electron chi connectivity index (χ4n) is 2.39. The lowest BCUT2D eigenvalue weighted by atomic mass is 10.2. The number of hydrogen-bond acceptors (Lipinski definition) is 7. The summed E-state index contributed by atoms with van der Waals surface area (Å²) in [7, 11) is -0.623. The van der Waals surface area contributed by atoms with Gasteiger partial charge in [-0.05, 0) is 49.4 Å². The minimum Gasteiger partial charge on any atom is -0.494 e. The van der Waals surface area contributed by atoms with Crippen molar-refractivity contribution >= 4 is 42.6 Å². The zero-order chi connectivity index (χ0) is 20.3. The molecule has 0 unspecified atom stereocenters. The largest absolute Gasteiger partial charge is 0.494 e. The lowest BCUT2D eigenvalue weighted by molar-refractivity contribution is 0.0962. The van der Waals surface area contributed by atoms with Crippen LogP contribution < -0.4 is 15.6 Å². The van der Waals surface area contributed by atoms with E-state index in [9.17, 15) is 13.2 Å². The van der Waals surface area contributed by atoms with Gasteiger partial charge < -0.3 is 4.74 Å². The molecular formula is C18H20N4O4S2. The number of hydrazine groups is 1. The zero-order valence-corrected chi connectivity index (χ0v) is 17.2. The summed E-state index contributed by atoms with van der Waals surface area (Å²) in [6.45, 7) is 2.50. The van der Waals surface area contributed by atoms with Crippen molar-refractivity contribution in [2.45, 2.75) is 11.8 Å². The molecule has 10 heteroatoms. The maximum atomic E-state index is 12.3. The van der Waals surface area contributed by atoms with E-state index >= 15 is 0 Å². The smallest absolute Gasteiger partial charge is 0.269 e. The summed E-state index contributed by atoms with van der Waals surface area (Å²) in [6.07, 6.45) is 0. The van der Waals surface area contributed by atoms with Gasteiger partial charge in [0.2, 0.25) is 15.2 Å². The second kappa shape index (κ2) is 8.13. The van der Waals surface area contributed by atoms with Gasteiger partial charge in [-0.2, -0.15) is 0 Å². The number of amides is 1. The van der Waals surface area contributed by atoms with Crippen LogP contribution in [0.1, 0.15) is 17.3 Å². The molecule has 0 atom stereocenters. The topological polar surface area (TPSA) is 101 Å². The molecule has 1 heterocycles. The number of ether oxygens (including phenoxy) is 1. The Morgan fingerprint density at radius 1 is 1.18 bits per heavy atom. The minimum atomic E-state index is -3.53. The monoisotopic (exact) mass is 420 g/mol. The first-order chi connectivity index (χ1) is 13.3. The molecule has 2 aromatic carbocycles. The van der Waals surface area contributed by atoms with Crippen LogP contribution in [0, 0.1) is 0 Å². The number of nitrogens with one attached hydrogen (secondary N) is 2. The molecule has 0 fully saturated rings. The number of benzene rings is 2. The van der Waals surface area contributed by atoms with Crippen molar-refractivity contribution in [1.82, 2.24) is 14.7 Å². The molecule has 8 nitrogen and oxygen atoms in total. The summed E-state index contributed by atoms with van der Waals surface area (Å²) in [5.74, 6) is 0.366. The quantitative estimate of drug-likeness (QED) is 0.570. The number of anilines is 1.